The fourth-order valence-corrected chi connectivity index (χ4v) is 1.30. The molecule has 0 aliphatic heterocycles. The van der Waals surface area contributed by atoms with Gasteiger partial charge in [0.15, 0.2) is 0 Å². The first kappa shape index (κ1) is 10.9. The van der Waals surface area contributed by atoms with E-state index in [4.69, 9.17) is 11.6 Å². The molecule has 1 unspecified atom stereocenters. The second kappa shape index (κ2) is 4.93. The lowest BCUT2D eigenvalue weighted by Gasteiger charge is -2.15. The summed E-state index contributed by atoms with van der Waals surface area (Å²) < 4.78 is 0. The molecule has 1 atom stereocenters. The van der Waals surface area contributed by atoms with Crippen molar-refractivity contribution in [2.75, 3.05) is 13.6 Å². The molecule has 0 aliphatic carbocycles. The number of halogens is 1. The molecule has 0 heterocycles. The van der Waals surface area contributed by atoms with Gasteiger partial charge in [-0.15, -0.1) is 4.91 Å². The topological polar surface area (TPSA) is 52.9 Å². The van der Waals surface area contributed by atoms with Gasteiger partial charge in [-0.1, -0.05) is 23.7 Å². The van der Waals surface area contributed by atoms with Gasteiger partial charge < -0.3 is 5.11 Å². The van der Waals surface area contributed by atoms with Gasteiger partial charge >= 0.3 is 0 Å². The molecule has 0 bridgehead atoms. The fourth-order valence-electron chi connectivity index (χ4n) is 1.10. The lowest BCUT2D eigenvalue weighted by atomic mass is 10.1. The molecule has 14 heavy (non-hydrogen) atoms. The minimum Gasteiger partial charge on any atom is -0.386 e. The summed E-state index contributed by atoms with van der Waals surface area (Å²) in [5, 5.41) is 14.0. The SMILES string of the molecule is CN(CC(O)c1cccc(Cl)c1)N=O. The maximum Gasteiger partial charge on any atom is 0.0983 e. The Hall–Kier alpha value is -1.13. The van der Waals surface area contributed by atoms with Gasteiger partial charge in [-0.2, -0.15) is 0 Å². The van der Waals surface area contributed by atoms with E-state index in [1.54, 1.807) is 24.3 Å². The zero-order valence-corrected chi connectivity index (χ0v) is 8.48. The molecule has 0 saturated heterocycles. The third-order valence-electron chi connectivity index (χ3n) is 1.81. The Labute approximate surface area is 87.0 Å². The number of aliphatic hydroxyl groups excluding tert-OH is 1. The molecule has 0 aliphatic rings. The Morgan fingerprint density at radius 1 is 1.64 bits per heavy atom. The molecule has 0 amide bonds. The van der Waals surface area contributed by atoms with Crippen LogP contribution in [0.3, 0.4) is 0 Å². The molecule has 4 nitrogen and oxygen atoms in total. The van der Waals surface area contributed by atoms with E-state index in [1.807, 2.05) is 0 Å². The molecule has 5 heteroatoms. The second-order valence-corrected chi connectivity index (χ2v) is 3.43. The van der Waals surface area contributed by atoms with Gasteiger partial charge in [-0.25, -0.2) is 0 Å². The van der Waals surface area contributed by atoms with Gasteiger partial charge in [0.2, 0.25) is 0 Å². The predicted molar refractivity (Wildman–Crippen MR) is 54.8 cm³/mol. The van der Waals surface area contributed by atoms with Crippen LogP contribution in [0.5, 0.6) is 0 Å². The number of hydrogen-bond acceptors (Lipinski definition) is 3. The Balaban J connectivity index is 2.69. The van der Waals surface area contributed by atoms with Crippen LogP contribution < -0.4 is 0 Å². The summed E-state index contributed by atoms with van der Waals surface area (Å²) in [5.74, 6) is 0. The number of hydrogen-bond donors (Lipinski definition) is 1. The van der Waals surface area contributed by atoms with E-state index in [0.29, 0.717) is 10.6 Å². The monoisotopic (exact) mass is 214 g/mol. The van der Waals surface area contributed by atoms with Crippen molar-refractivity contribution in [3.8, 4) is 0 Å². The molecule has 76 valence electrons. The summed E-state index contributed by atoms with van der Waals surface area (Å²) in [5.41, 5.74) is 0.674. The van der Waals surface area contributed by atoms with Crippen LogP contribution in [-0.4, -0.2) is 23.7 Å². The van der Waals surface area contributed by atoms with E-state index in [0.717, 1.165) is 5.01 Å². The normalized spacial score (nSPS) is 12.2. The maximum atomic E-state index is 10.1. The number of aliphatic hydroxyl groups is 1. The van der Waals surface area contributed by atoms with Gasteiger partial charge in [-0.3, -0.25) is 5.01 Å². The summed E-state index contributed by atoms with van der Waals surface area (Å²) in [4.78, 5) is 10.1. The Kier molecular flexibility index (Phi) is 3.85. The summed E-state index contributed by atoms with van der Waals surface area (Å²) in [7, 11) is 1.50. The van der Waals surface area contributed by atoms with Gasteiger partial charge in [0.05, 0.1) is 17.9 Å². The first-order chi connectivity index (χ1) is 6.63. The fraction of sp³-hybridized carbons (Fsp3) is 0.333. The van der Waals surface area contributed by atoms with Crippen LogP contribution in [0, 0.1) is 4.91 Å². The van der Waals surface area contributed by atoms with Crippen molar-refractivity contribution in [2.45, 2.75) is 6.10 Å². The number of likely N-dealkylation sites (N-methyl/N-ethyl adjacent to an activating group) is 1. The van der Waals surface area contributed by atoms with E-state index in [9.17, 15) is 10.0 Å². The van der Waals surface area contributed by atoms with Gasteiger partial charge in [0, 0.05) is 12.1 Å². The molecule has 0 fully saturated rings. The van der Waals surface area contributed by atoms with Crippen LogP contribution >= 0.6 is 11.6 Å². The lowest BCUT2D eigenvalue weighted by Crippen LogP contribution is -2.18. The molecule has 0 radical (unpaired) electrons. The highest BCUT2D eigenvalue weighted by Crippen LogP contribution is 2.18. The number of rotatable bonds is 4. The highest BCUT2D eigenvalue weighted by atomic mass is 35.5. The molecular weight excluding hydrogens is 204 g/mol. The van der Waals surface area contributed by atoms with Crippen LogP contribution in [0.4, 0.5) is 0 Å². The van der Waals surface area contributed by atoms with Crippen molar-refractivity contribution >= 4 is 11.6 Å². The summed E-state index contributed by atoms with van der Waals surface area (Å²) in [6.07, 6.45) is -0.753. The minimum absolute atomic E-state index is 0.157. The average molecular weight is 215 g/mol. The van der Waals surface area contributed by atoms with Crippen molar-refractivity contribution in [1.29, 1.82) is 0 Å². The molecule has 1 aromatic rings. The molecule has 0 spiro atoms. The zero-order chi connectivity index (χ0) is 10.6. The van der Waals surface area contributed by atoms with Crippen molar-refractivity contribution in [2.24, 2.45) is 5.29 Å². The van der Waals surface area contributed by atoms with Crippen LogP contribution in [0.15, 0.2) is 29.6 Å². The summed E-state index contributed by atoms with van der Waals surface area (Å²) >= 11 is 5.75. The van der Waals surface area contributed by atoms with Gasteiger partial charge in [0.1, 0.15) is 0 Å². The average Bonchev–Trinajstić information content (AvgIpc) is 2.17. The summed E-state index contributed by atoms with van der Waals surface area (Å²) in [6.45, 7) is 0.157. The quantitative estimate of drug-likeness (QED) is 0.616. The highest BCUT2D eigenvalue weighted by Gasteiger charge is 2.10. The number of benzene rings is 1. The maximum absolute atomic E-state index is 10.1. The van der Waals surface area contributed by atoms with Crippen LogP contribution in [-0.2, 0) is 0 Å². The van der Waals surface area contributed by atoms with E-state index in [2.05, 4.69) is 5.29 Å². The number of nitrogens with zero attached hydrogens (tertiary/aromatic N) is 2. The third kappa shape index (κ3) is 2.97. The largest absolute Gasteiger partial charge is 0.386 e. The lowest BCUT2D eigenvalue weighted by molar-refractivity contribution is 0.128. The van der Waals surface area contributed by atoms with Crippen molar-refractivity contribution < 1.29 is 5.11 Å². The summed E-state index contributed by atoms with van der Waals surface area (Å²) in [6, 6.07) is 6.87. The van der Waals surface area contributed by atoms with Gasteiger partial charge in [-0.05, 0) is 17.7 Å². The standard InChI is InChI=1S/C9H11ClN2O2/c1-12(11-14)6-9(13)7-3-2-4-8(10)5-7/h2-5,9,13H,6H2,1H3. The van der Waals surface area contributed by atoms with Crippen LogP contribution in [0.1, 0.15) is 11.7 Å². The van der Waals surface area contributed by atoms with Crippen molar-refractivity contribution in [3.63, 3.8) is 0 Å². The second-order valence-electron chi connectivity index (χ2n) is 2.99. The van der Waals surface area contributed by atoms with Crippen LogP contribution in [0.2, 0.25) is 5.02 Å². The molecule has 1 rings (SSSR count). The minimum atomic E-state index is -0.753. The molecule has 0 saturated carbocycles. The molecule has 1 N–H and O–H groups in total. The van der Waals surface area contributed by atoms with Gasteiger partial charge in [0.25, 0.3) is 0 Å². The van der Waals surface area contributed by atoms with Crippen LogP contribution in [0.25, 0.3) is 0 Å². The van der Waals surface area contributed by atoms with E-state index < -0.39 is 6.10 Å². The Morgan fingerprint density at radius 2 is 2.36 bits per heavy atom. The first-order valence-electron chi connectivity index (χ1n) is 4.11. The van der Waals surface area contributed by atoms with E-state index in [1.165, 1.54) is 7.05 Å². The van der Waals surface area contributed by atoms with E-state index >= 15 is 0 Å². The molecule has 0 aromatic heterocycles. The molecule has 1 aromatic carbocycles. The Bertz CT molecular complexity index is 319. The smallest absolute Gasteiger partial charge is 0.0983 e. The third-order valence-corrected chi connectivity index (χ3v) is 2.05. The zero-order valence-electron chi connectivity index (χ0n) is 7.72. The first-order valence-corrected chi connectivity index (χ1v) is 4.49. The van der Waals surface area contributed by atoms with Crippen molar-refractivity contribution in [1.82, 2.24) is 5.01 Å². The van der Waals surface area contributed by atoms with E-state index in [-0.39, 0.29) is 6.54 Å². The van der Waals surface area contributed by atoms with Crippen molar-refractivity contribution in [3.05, 3.63) is 39.8 Å². The Morgan fingerprint density at radius 3 is 2.93 bits per heavy atom. The predicted octanol–water partition coefficient (Wildman–Crippen LogP) is 1.99. The molecular formula is C9H11ClN2O2. The number of nitroso groups, excluding NO2 is 1. The highest BCUT2D eigenvalue weighted by molar-refractivity contribution is 6.30.